The van der Waals surface area contributed by atoms with Crippen molar-refractivity contribution in [3.63, 3.8) is 0 Å². The Morgan fingerprint density at radius 3 is 2.64 bits per heavy atom. The van der Waals surface area contributed by atoms with Crippen molar-refractivity contribution in [3.05, 3.63) is 99.8 Å². The monoisotopic (exact) mass is 495 g/mol. The van der Waals surface area contributed by atoms with E-state index in [4.69, 9.17) is 0 Å². The molecule has 36 heavy (non-hydrogen) atoms. The average molecular weight is 496 g/mol. The first kappa shape index (κ1) is 22.5. The van der Waals surface area contributed by atoms with Crippen LogP contribution in [0.4, 0.5) is 5.69 Å². The summed E-state index contributed by atoms with van der Waals surface area (Å²) in [4.78, 5) is 26.4. The second-order valence-corrected chi connectivity index (χ2v) is 10.4. The van der Waals surface area contributed by atoms with Crippen LogP contribution in [0, 0.1) is 0 Å². The number of carbonyl (C=O) groups excluding carboxylic acids is 1. The zero-order chi connectivity index (χ0) is 24.6. The lowest BCUT2D eigenvalue weighted by Gasteiger charge is -2.14. The van der Waals surface area contributed by atoms with Gasteiger partial charge in [0.2, 0.25) is 11.7 Å². The van der Waals surface area contributed by atoms with Gasteiger partial charge in [0, 0.05) is 5.69 Å². The Labute approximate surface area is 212 Å². The maximum Gasteiger partial charge on any atom is 0.263 e. The van der Waals surface area contributed by atoms with Crippen LogP contribution in [0.25, 0.3) is 16.7 Å². The highest BCUT2D eigenvalue weighted by atomic mass is 32.2. The fourth-order valence-electron chi connectivity index (χ4n) is 4.82. The van der Waals surface area contributed by atoms with Gasteiger partial charge in [0.25, 0.3) is 5.56 Å². The van der Waals surface area contributed by atoms with Crippen LogP contribution >= 0.6 is 11.8 Å². The van der Waals surface area contributed by atoms with Crippen LogP contribution < -0.4 is 10.9 Å². The lowest BCUT2D eigenvalue weighted by molar-refractivity contribution is -0.115. The summed E-state index contributed by atoms with van der Waals surface area (Å²) in [6, 6.07) is 23.4. The fourth-order valence-corrected chi connectivity index (χ4v) is 5.68. The van der Waals surface area contributed by atoms with Crippen LogP contribution in [0.2, 0.25) is 0 Å². The molecule has 0 spiro atoms. The molecule has 0 saturated carbocycles. The van der Waals surface area contributed by atoms with Gasteiger partial charge < -0.3 is 5.32 Å². The molecule has 0 saturated heterocycles. The standard InChI is InChI=1S/C28H25N5O2S/c1-18(25(34)29-22-15-14-20-10-7-11-21(20)16-22)36-28-31-30-27-32(17-19-8-3-2-4-9-19)26(35)23-12-5-6-13-24(23)33(27)28/h2-6,8-9,12-16,18H,7,10-11,17H2,1H3,(H,29,34). The van der Waals surface area contributed by atoms with Gasteiger partial charge in [-0.05, 0) is 67.1 Å². The highest BCUT2D eigenvalue weighted by Crippen LogP contribution is 2.28. The fraction of sp³-hybridized carbons (Fsp3) is 0.214. The normalized spacial score (nSPS) is 13.7. The van der Waals surface area contributed by atoms with Crippen molar-refractivity contribution in [1.82, 2.24) is 19.2 Å². The van der Waals surface area contributed by atoms with Crippen molar-refractivity contribution >= 4 is 40.0 Å². The predicted molar refractivity (Wildman–Crippen MR) is 143 cm³/mol. The molecule has 0 fully saturated rings. The molecular formula is C28H25N5O2S. The van der Waals surface area contributed by atoms with Crippen molar-refractivity contribution in [3.8, 4) is 0 Å². The van der Waals surface area contributed by atoms with Crippen molar-refractivity contribution in [2.24, 2.45) is 0 Å². The minimum atomic E-state index is -0.418. The van der Waals surface area contributed by atoms with Crippen LogP contribution in [-0.2, 0) is 24.2 Å². The zero-order valence-corrected chi connectivity index (χ0v) is 20.7. The van der Waals surface area contributed by atoms with E-state index in [2.05, 4.69) is 27.6 Å². The van der Waals surface area contributed by atoms with Gasteiger partial charge in [0.15, 0.2) is 5.16 Å². The molecule has 1 aliphatic rings. The predicted octanol–water partition coefficient (Wildman–Crippen LogP) is 4.70. The Kier molecular flexibility index (Phi) is 5.81. The molecule has 180 valence electrons. The number of carbonyl (C=O) groups is 1. The third kappa shape index (κ3) is 4.07. The molecule has 0 bridgehead atoms. The Hall–Kier alpha value is -3.91. The number of nitrogens with one attached hydrogen (secondary N) is 1. The number of para-hydroxylation sites is 1. The summed E-state index contributed by atoms with van der Waals surface area (Å²) in [6.07, 6.45) is 3.34. The number of anilines is 1. The average Bonchev–Trinajstić information content (AvgIpc) is 3.54. The zero-order valence-electron chi connectivity index (χ0n) is 19.8. The SMILES string of the molecule is CC(Sc1nnc2n(Cc3ccccc3)c(=O)c3ccccc3n12)C(=O)Nc1ccc2c(c1)CCC2. The van der Waals surface area contributed by atoms with E-state index in [-0.39, 0.29) is 11.5 Å². The molecule has 2 heterocycles. The highest BCUT2D eigenvalue weighted by molar-refractivity contribution is 8.00. The van der Waals surface area contributed by atoms with Crippen LogP contribution in [-0.4, -0.2) is 30.3 Å². The van der Waals surface area contributed by atoms with E-state index in [1.54, 1.807) is 4.57 Å². The van der Waals surface area contributed by atoms with Crippen LogP contribution in [0.15, 0.2) is 82.7 Å². The van der Waals surface area contributed by atoms with E-state index >= 15 is 0 Å². The molecular weight excluding hydrogens is 470 g/mol. The van der Waals surface area contributed by atoms with E-state index in [1.807, 2.05) is 72.0 Å². The van der Waals surface area contributed by atoms with E-state index in [0.717, 1.165) is 29.6 Å². The molecule has 1 amide bonds. The molecule has 1 unspecified atom stereocenters. The van der Waals surface area contributed by atoms with Gasteiger partial charge in [-0.15, -0.1) is 10.2 Å². The Morgan fingerprint density at radius 1 is 1.00 bits per heavy atom. The summed E-state index contributed by atoms with van der Waals surface area (Å²) >= 11 is 1.33. The number of hydrogen-bond donors (Lipinski definition) is 1. The van der Waals surface area contributed by atoms with Crippen LogP contribution in [0.1, 0.15) is 30.0 Å². The molecule has 7 nitrogen and oxygen atoms in total. The largest absolute Gasteiger partial charge is 0.325 e. The second-order valence-electron chi connectivity index (χ2n) is 9.10. The smallest absolute Gasteiger partial charge is 0.263 e. The maximum absolute atomic E-state index is 13.4. The lowest BCUT2D eigenvalue weighted by Crippen LogP contribution is -2.24. The number of benzene rings is 3. The molecule has 0 radical (unpaired) electrons. The van der Waals surface area contributed by atoms with Crippen molar-refractivity contribution in [1.29, 1.82) is 0 Å². The first-order valence-corrected chi connectivity index (χ1v) is 13.0. The molecule has 8 heteroatoms. The minimum absolute atomic E-state index is 0.100. The molecule has 5 aromatic rings. The molecule has 1 atom stereocenters. The first-order valence-electron chi connectivity index (χ1n) is 12.1. The minimum Gasteiger partial charge on any atom is -0.325 e. The number of aryl methyl sites for hydroxylation is 2. The van der Waals surface area contributed by atoms with E-state index < -0.39 is 5.25 Å². The van der Waals surface area contributed by atoms with Gasteiger partial charge in [0.1, 0.15) is 0 Å². The van der Waals surface area contributed by atoms with E-state index in [1.165, 1.54) is 29.3 Å². The van der Waals surface area contributed by atoms with Crippen molar-refractivity contribution in [2.45, 2.75) is 43.1 Å². The number of nitrogens with zero attached hydrogens (tertiary/aromatic N) is 4. The second kappa shape index (κ2) is 9.28. The summed E-state index contributed by atoms with van der Waals surface area (Å²) in [6.45, 7) is 2.24. The molecule has 0 aliphatic heterocycles. The highest BCUT2D eigenvalue weighted by Gasteiger charge is 2.22. The number of fused-ring (bicyclic) bond motifs is 4. The van der Waals surface area contributed by atoms with Crippen LogP contribution in [0.5, 0.6) is 0 Å². The Bertz CT molecular complexity index is 1660. The van der Waals surface area contributed by atoms with Crippen molar-refractivity contribution in [2.75, 3.05) is 5.32 Å². The summed E-state index contributed by atoms with van der Waals surface area (Å²) in [5.74, 6) is 0.355. The molecule has 6 rings (SSSR count). The maximum atomic E-state index is 13.4. The topological polar surface area (TPSA) is 81.3 Å². The first-order chi connectivity index (χ1) is 17.6. The van der Waals surface area contributed by atoms with Gasteiger partial charge in [-0.3, -0.25) is 18.6 Å². The number of thioether (sulfide) groups is 1. The Morgan fingerprint density at radius 2 is 1.78 bits per heavy atom. The summed E-state index contributed by atoms with van der Waals surface area (Å²) in [5, 5.41) is 12.6. The van der Waals surface area contributed by atoms with Crippen molar-refractivity contribution < 1.29 is 4.79 Å². The van der Waals surface area contributed by atoms with Gasteiger partial charge in [-0.2, -0.15) is 0 Å². The third-order valence-electron chi connectivity index (χ3n) is 6.68. The van der Waals surface area contributed by atoms with Crippen LogP contribution in [0.3, 0.4) is 0 Å². The quantitative estimate of drug-likeness (QED) is 0.345. The summed E-state index contributed by atoms with van der Waals surface area (Å²) < 4.78 is 3.52. The number of aromatic nitrogens is 4. The number of hydrogen-bond acceptors (Lipinski definition) is 5. The van der Waals surface area contributed by atoms with Gasteiger partial charge >= 0.3 is 0 Å². The van der Waals surface area contributed by atoms with E-state index in [0.29, 0.717) is 22.9 Å². The van der Waals surface area contributed by atoms with Gasteiger partial charge in [0.05, 0.1) is 22.7 Å². The summed E-state index contributed by atoms with van der Waals surface area (Å²) in [5.41, 5.74) is 5.12. The third-order valence-corrected chi connectivity index (χ3v) is 7.72. The molecule has 1 aliphatic carbocycles. The van der Waals surface area contributed by atoms with E-state index in [9.17, 15) is 9.59 Å². The molecule has 2 aromatic heterocycles. The Balaban J connectivity index is 1.34. The number of rotatable bonds is 6. The summed E-state index contributed by atoms with van der Waals surface area (Å²) in [7, 11) is 0. The van der Waals surface area contributed by atoms with Gasteiger partial charge in [-0.25, -0.2) is 0 Å². The molecule has 1 N–H and O–H groups in total. The number of amides is 1. The lowest BCUT2D eigenvalue weighted by atomic mass is 10.1. The molecule has 3 aromatic carbocycles. The van der Waals surface area contributed by atoms with Gasteiger partial charge in [-0.1, -0.05) is 60.3 Å².